The maximum absolute atomic E-state index is 12.7. The van der Waals surface area contributed by atoms with Gasteiger partial charge in [-0.2, -0.15) is 0 Å². The molecule has 1 aromatic carbocycles. The normalized spacial score (nSPS) is 10.7. The Kier molecular flexibility index (Phi) is 10.8. The van der Waals surface area contributed by atoms with Crippen molar-refractivity contribution >= 4 is 11.9 Å². The van der Waals surface area contributed by atoms with Crippen LogP contribution in [0.15, 0.2) is 6.07 Å². The van der Waals surface area contributed by atoms with E-state index >= 15 is 0 Å². The van der Waals surface area contributed by atoms with Crippen LogP contribution >= 0.6 is 0 Å². The van der Waals surface area contributed by atoms with Gasteiger partial charge in [-0.1, -0.05) is 52.5 Å². The quantitative estimate of drug-likeness (QED) is 0.348. The highest BCUT2D eigenvalue weighted by Gasteiger charge is 2.27. The molecule has 152 valence electrons. The van der Waals surface area contributed by atoms with Gasteiger partial charge in [0.25, 0.3) is 0 Å². The molecule has 0 atom stereocenters. The number of hydrogen-bond acceptors (Lipinski definition) is 4. The molecule has 27 heavy (non-hydrogen) atoms. The van der Waals surface area contributed by atoms with E-state index in [9.17, 15) is 9.59 Å². The maximum atomic E-state index is 12.7. The topological polar surface area (TPSA) is 52.6 Å². The number of unbranched alkanes of at least 4 members (excludes halogenated alkanes) is 4. The number of carbonyl (C=O) groups excluding carboxylic acids is 2. The molecule has 1 rings (SSSR count). The largest absolute Gasteiger partial charge is 0.465 e. The van der Waals surface area contributed by atoms with Crippen LogP contribution in [-0.2, 0) is 28.7 Å². The Balaban J connectivity index is 3.64. The molecule has 0 amide bonds. The number of aryl methyl sites for hydroxylation is 2. The van der Waals surface area contributed by atoms with Gasteiger partial charge in [-0.05, 0) is 55.2 Å². The molecule has 0 aliphatic rings. The first-order chi connectivity index (χ1) is 13.0. The summed E-state index contributed by atoms with van der Waals surface area (Å²) in [6.07, 6.45) is 9.85. The SMILES string of the molecule is CCCCCc1cc(CCCC)c(C(=O)OC)c(C(=O)OC)c1CCCC. The fraction of sp³-hybridized carbons (Fsp3) is 0.652. The third-order valence-corrected chi connectivity index (χ3v) is 5.02. The molecule has 0 spiro atoms. The lowest BCUT2D eigenvalue weighted by molar-refractivity contribution is 0.0553. The highest BCUT2D eigenvalue weighted by molar-refractivity contribution is 6.05. The van der Waals surface area contributed by atoms with Gasteiger partial charge in [0.05, 0.1) is 25.3 Å². The summed E-state index contributed by atoms with van der Waals surface area (Å²) in [6, 6.07) is 2.15. The zero-order chi connectivity index (χ0) is 20.2. The lowest BCUT2D eigenvalue weighted by Gasteiger charge is -2.20. The fourth-order valence-corrected chi connectivity index (χ4v) is 3.50. The second kappa shape index (κ2) is 12.5. The van der Waals surface area contributed by atoms with Gasteiger partial charge in [-0.25, -0.2) is 9.59 Å². The van der Waals surface area contributed by atoms with Crippen LogP contribution < -0.4 is 0 Å². The Labute approximate surface area is 164 Å². The van der Waals surface area contributed by atoms with E-state index in [0.29, 0.717) is 11.1 Å². The van der Waals surface area contributed by atoms with Crippen molar-refractivity contribution in [2.75, 3.05) is 14.2 Å². The van der Waals surface area contributed by atoms with Gasteiger partial charge < -0.3 is 9.47 Å². The first kappa shape index (κ1) is 23.2. The highest BCUT2D eigenvalue weighted by atomic mass is 16.5. The molecule has 1 aromatic rings. The van der Waals surface area contributed by atoms with Crippen molar-refractivity contribution < 1.29 is 19.1 Å². The number of methoxy groups -OCH3 is 2. The van der Waals surface area contributed by atoms with Gasteiger partial charge >= 0.3 is 11.9 Å². The number of rotatable bonds is 12. The molecule has 0 unspecified atom stereocenters. The molecule has 0 aliphatic heterocycles. The van der Waals surface area contributed by atoms with Crippen LogP contribution in [0.25, 0.3) is 0 Å². The average molecular weight is 377 g/mol. The van der Waals surface area contributed by atoms with Crippen molar-refractivity contribution in [2.24, 2.45) is 0 Å². The van der Waals surface area contributed by atoms with Crippen molar-refractivity contribution in [3.8, 4) is 0 Å². The minimum Gasteiger partial charge on any atom is -0.465 e. The van der Waals surface area contributed by atoms with E-state index in [-0.39, 0.29) is 0 Å². The third kappa shape index (κ3) is 6.37. The molecule has 0 fully saturated rings. The number of hydrogen-bond donors (Lipinski definition) is 0. The predicted octanol–water partition coefficient (Wildman–Crippen LogP) is 5.68. The molecule has 0 radical (unpaired) electrons. The standard InChI is InChI=1S/C23H36O4/c1-6-9-12-14-17-16-18(13-10-7-2)20(22(24)26-4)21(23(25)27-5)19(17)15-11-8-3/h16H,6-15H2,1-5H3. The first-order valence-corrected chi connectivity index (χ1v) is 10.4. The maximum Gasteiger partial charge on any atom is 0.339 e. The molecule has 0 bridgehead atoms. The Morgan fingerprint density at radius 1 is 0.704 bits per heavy atom. The van der Waals surface area contributed by atoms with E-state index in [2.05, 4.69) is 26.8 Å². The van der Waals surface area contributed by atoms with Gasteiger partial charge in [0.15, 0.2) is 0 Å². The monoisotopic (exact) mass is 376 g/mol. The molecule has 0 saturated carbocycles. The highest BCUT2D eigenvalue weighted by Crippen LogP contribution is 2.29. The molecular weight excluding hydrogens is 340 g/mol. The van der Waals surface area contributed by atoms with Crippen LogP contribution in [-0.4, -0.2) is 26.2 Å². The van der Waals surface area contributed by atoms with Crippen molar-refractivity contribution in [3.05, 3.63) is 33.9 Å². The molecular formula is C23H36O4. The van der Waals surface area contributed by atoms with Gasteiger partial charge in [0, 0.05) is 0 Å². The molecule has 0 aromatic heterocycles. The second-order valence-electron chi connectivity index (χ2n) is 7.07. The summed E-state index contributed by atoms with van der Waals surface area (Å²) in [6.45, 7) is 6.44. The van der Waals surface area contributed by atoms with Crippen LogP contribution in [0.1, 0.15) is 103 Å². The summed E-state index contributed by atoms with van der Waals surface area (Å²) in [7, 11) is 2.75. The Morgan fingerprint density at radius 2 is 1.22 bits per heavy atom. The van der Waals surface area contributed by atoms with E-state index < -0.39 is 11.9 Å². The predicted molar refractivity (Wildman–Crippen MR) is 110 cm³/mol. The molecule has 0 aliphatic carbocycles. The van der Waals surface area contributed by atoms with Crippen LogP contribution in [0, 0.1) is 0 Å². The Bertz CT molecular complexity index is 619. The summed E-state index contributed by atoms with van der Waals surface area (Å²) >= 11 is 0. The fourth-order valence-electron chi connectivity index (χ4n) is 3.50. The van der Waals surface area contributed by atoms with Gasteiger partial charge in [0.1, 0.15) is 0 Å². The summed E-state index contributed by atoms with van der Waals surface area (Å²) in [4.78, 5) is 25.3. The lowest BCUT2D eigenvalue weighted by atomic mass is 9.85. The molecule has 4 nitrogen and oxygen atoms in total. The van der Waals surface area contributed by atoms with Crippen LogP contribution in [0.4, 0.5) is 0 Å². The molecule has 0 saturated heterocycles. The smallest absolute Gasteiger partial charge is 0.339 e. The van der Waals surface area contributed by atoms with Crippen LogP contribution in [0.2, 0.25) is 0 Å². The number of ether oxygens (including phenoxy) is 2. The Hall–Kier alpha value is -1.84. The van der Waals surface area contributed by atoms with E-state index in [1.54, 1.807) is 0 Å². The second-order valence-corrected chi connectivity index (χ2v) is 7.07. The number of esters is 2. The van der Waals surface area contributed by atoms with E-state index in [1.165, 1.54) is 19.8 Å². The molecule has 4 heteroatoms. The molecule has 0 N–H and O–H groups in total. The third-order valence-electron chi connectivity index (χ3n) is 5.02. The Morgan fingerprint density at radius 3 is 1.78 bits per heavy atom. The van der Waals surface area contributed by atoms with E-state index in [0.717, 1.165) is 75.3 Å². The molecule has 0 heterocycles. The van der Waals surface area contributed by atoms with Crippen molar-refractivity contribution in [2.45, 2.75) is 85.0 Å². The average Bonchev–Trinajstić information content (AvgIpc) is 2.69. The first-order valence-electron chi connectivity index (χ1n) is 10.4. The van der Waals surface area contributed by atoms with E-state index in [1.807, 2.05) is 0 Å². The van der Waals surface area contributed by atoms with Crippen LogP contribution in [0.5, 0.6) is 0 Å². The van der Waals surface area contributed by atoms with Crippen LogP contribution in [0.3, 0.4) is 0 Å². The summed E-state index contributed by atoms with van der Waals surface area (Å²) in [5.41, 5.74) is 3.91. The van der Waals surface area contributed by atoms with Gasteiger partial charge in [-0.15, -0.1) is 0 Å². The van der Waals surface area contributed by atoms with Gasteiger partial charge in [0.2, 0.25) is 0 Å². The summed E-state index contributed by atoms with van der Waals surface area (Å²) < 4.78 is 10.1. The minimum absolute atomic E-state index is 0.406. The van der Waals surface area contributed by atoms with E-state index in [4.69, 9.17) is 9.47 Å². The summed E-state index contributed by atoms with van der Waals surface area (Å²) in [5.74, 6) is -0.879. The number of carbonyl (C=O) groups is 2. The van der Waals surface area contributed by atoms with Gasteiger partial charge in [-0.3, -0.25) is 0 Å². The van der Waals surface area contributed by atoms with Crippen molar-refractivity contribution in [1.29, 1.82) is 0 Å². The summed E-state index contributed by atoms with van der Waals surface area (Å²) in [5, 5.41) is 0. The minimum atomic E-state index is -0.445. The number of benzene rings is 1. The zero-order valence-electron chi connectivity index (χ0n) is 17.8. The van der Waals surface area contributed by atoms with Crippen molar-refractivity contribution in [3.63, 3.8) is 0 Å². The zero-order valence-corrected chi connectivity index (χ0v) is 17.8. The lowest BCUT2D eigenvalue weighted by Crippen LogP contribution is -2.19. The van der Waals surface area contributed by atoms with Crippen molar-refractivity contribution in [1.82, 2.24) is 0 Å².